The number of aryl methyl sites for hydroxylation is 3. The van der Waals surface area contributed by atoms with Crippen molar-refractivity contribution in [3.8, 4) is 11.3 Å². The zero-order chi connectivity index (χ0) is 20.4. The number of hydrogen-bond acceptors (Lipinski definition) is 2. The van der Waals surface area contributed by atoms with Gasteiger partial charge in [-0.15, -0.1) is 0 Å². The lowest BCUT2D eigenvalue weighted by Crippen LogP contribution is -2.33. The number of rotatable bonds is 6. The molecule has 3 heterocycles. The number of benzene rings is 1. The van der Waals surface area contributed by atoms with Gasteiger partial charge in [0.25, 0.3) is 0 Å². The molecule has 1 aliphatic rings. The number of pyridine rings is 1. The monoisotopic (exact) mass is 389 g/mol. The number of nitrogens with one attached hydrogen (secondary N) is 1. The lowest BCUT2D eigenvalue weighted by Gasteiger charge is -2.32. The van der Waals surface area contributed by atoms with Crippen LogP contribution in [0.3, 0.4) is 0 Å². The molecule has 1 N–H and O–H groups in total. The van der Waals surface area contributed by atoms with Gasteiger partial charge in [0.2, 0.25) is 0 Å². The fourth-order valence-electron chi connectivity index (χ4n) is 4.98. The van der Waals surface area contributed by atoms with Gasteiger partial charge in [0.15, 0.2) is 0 Å². The van der Waals surface area contributed by atoms with Crippen molar-refractivity contribution >= 4 is 10.9 Å². The molecule has 0 aliphatic carbocycles. The molecular formula is C26H35N3. The van der Waals surface area contributed by atoms with Gasteiger partial charge < -0.3 is 9.88 Å². The van der Waals surface area contributed by atoms with Crippen molar-refractivity contribution in [2.45, 2.75) is 65.7 Å². The molecule has 2 aromatic heterocycles. The molecule has 4 rings (SSSR count). The van der Waals surface area contributed by atoms with Crippen molar-refractivity contribution in [3.05, 3.63) is 52.8 Å². The van der Waals surface area contributed by atoms with E-state index in [1.54, 1.807) is 0 Å². The molecule has 1 aromatic carbocycles. The highest BCUT2D eigenvalue weighted by atomic mass is 15.1. The van der Waals surface area contributed by atoms with Gasteiger partial charge in [-0.1, -0.05) is 26.3 Å². The van der Waals surface area contributed by atoms with Crippen LogP contribution in [0.5, 0.6) is 0 Å². The summed E-state index contributed by atoms with van der Waals surface area (Å²) in [6, 6.07) is 11.5. The summed E-state index contributed by atoms with van der Waals surface area (Å²) in [5.74, 6) is 0.700. The molecule has 0 unspecified atom stereocenters. The first-order valence-electron chi connectivity index (χ1n) is 11.4. The van der Waals surface area contributed by atoms with Gasteiger partial charge in [-0.3, -0.25) is 4.98 Å². The summed E-state index contributed by atoms with van der Waals surface area (Å²) in [4.78, 5) is 10.9. The van der Waals surface area contributed by atoms with Crippen LogP contribution in [0.2, 0.25) is 0 Å². The third-order valence-electron chi connectivity index (χ3n) is 6.54. The van der Waals surface area contributed by atoms with Crippen molar-refractivity contribution in [2.75, 3.05) is 19.6 Å². The van der Waals surface area contributed by atoms with Crippen LogP contribution >= 0.6 is 0 Å². The third-order valence-corrected chi connectivity index (χ3v) is 6.54. The van der Waals surface area contributed by atoms with Crippen molar-refractivity contribution in [1.29, 1.82) is 0 Å². The van der Waals surface area contributed by atoms with Crippen molar-refractivity contribution in [3.63, 3.8) is 0 Å². The SMILES string of the molecule is CCCCN1CCC(c2ccc3[nH]c(-c4cc(C)nc(C)c4)c(CC)c3c2)CC1. The van der Waals surface area contributed by atoms with E-state index in [0.717, 1.165) is 17.8 Å². The predicted molar refractivity (Wildman–Crippen MR) is 124 cm³/mol. The van der Waals surface area contributed by atoms with E-state index in [4.69, 9.17) is 0 Å². The maximum atomic E-state index is 4.55. The average Bonchev–Trinajstić information content (AvgIpc) is 3.10. The van der Waals surface area contributed by atoms with E-state index in [1.165, 1.54) is 78.6 Å². The lowest BCUT2D eigenvalue weighted by molar-refractivity contribution is 0.210. The first-order valence-corrected chi connectivity index (χ1v) is 11.4. The number of H-pyrrole nitrogens is 1. The summed E-state index contributed by atoms with van der Waals surface area (Å²) in [6.45, 7) is 12.5. The van der Waals surface area contributed by atoms with Gasteiger partial charge in [-0.25, -0.2) is 0 Å². The van der Waals surface area contributed by atoms with Gasteiger partial charge in [0.1, 0.15) is 0 Å². The van der Waals surface area contributed by atoms with Gasteiger partial charge in [-0.05, 0) is 100 Å². The van der Waals surface area contributed by atoms with Gasteiger partial charge >= 0.3 is 0 Å². The molecule has 0 atom stereocenters. The summed E-state index contributed by atoms with van der Waals surface area (Å²) in [5, 5.41) is 1.40. The van der Waals surface area contributed by atoms with Crippen LogP contribution in [0.25, 0.3) is 22.2 Å². The smallest absolute Gasteiger partial charge is 0.0498 e. The molecule has 0 bridgehead atoms. The Kier molecular flexibility index (Phi) is 6.05. The molecule has 3 heteroatoms. The summed E-state index contributed by atoms with van der Waals surface area (Å²) in [5.41, 5.74) is 8.90. The Hall–Kier alpha value is -2.13. The predicted octanol–water partition coefficient (Wildman–Crippen LogP) is 6.39. The average molecular weight is 390 g/mol. The van der Waals surface area contributed by atoms with Crippen molar-refractivity contribution < 1.29 is 0 Å². The molecule has 3 nitrogen and oxygen atoms in total. The molecule has 0 amide bonds. The largest absolute Gasteiger partial charge is 0.354 e. The van der Waals surface area contributed by atoms with Crippen LogP contribution in [0.1, 0.15) is 68.0 Å². The number of fused-ring (bicyclic) bond motifs is 1. The zero-order valence-electron chi connectivity index (χ0n) is 18.5. The second kappa shape index (κ2) is 8.71. The van der Waals surface area contributed by atoms with E-state index >= 15 is 0 Å². The molecule has 154 valence electrons. The highest BCUT2D eigenvalue weighted by Gasteiger charge is 2.21. The standard InChI is InChI=1S/C26H35N3/c1-5-7-12-29-13-10-20(11-14-29)21-8-9-25-24(17-21)23(6-2)26(28-25)22-15-18(3)27-19(4)16-22/h8-9,15-17,20,28H,5-7,10-14H2,1-4H3. The summed E-state index contributed by atoms with van der Waals surface area (Å²) in [7, 11) is 0. The van der Waals surface area contributed by atoms with E-state index in [1.807, 2.05) is 0 Å². The number of hydrogen-bond donors (Lipinski definition) is 1. The minimum Gasteiger partial charge on any atom is -0.354 e. The molecule has 29 heavy (non-hydrogen) atoms. The van der Waals surface area contributed by atoms with Crippen LogP contribution in [0, 0.1) is 13.8 Å². The Morgan fingerprint density at radius 2 is 1.76 bits per heavy atom. The topological polar surface area (TPSA) is 31.9 Å². The summed E-state index contributed by atoms with van der Waals surface area (Å²) < 4.78 is 0. The number of aromatic amines is 1. The first-order chi connectivity index (χ1) is 14.1. The first kappa shape index (κ1) is 20.2. The quantitative estimate of drug-likeness (QED) is 0.530. The second-order valence-electron chi connectivity index (χ2n) is 8.75. The Bertz CT molecular complexity index is 957. The summed E-state index contributed by atoms with van der Waals surface area (Å²) in [6.07, 6.45) is 6.24. The molecule has 0 radical (unpaired) electrons. The molecular weight excluding hydrogens is 354 g/mol. The van der Waals surface area contributed by atoms with Gasteiger partial charge in [0.05, 0.1) is 0 Å². The van der Waals surface area contributed by atoms with Crippen LogP contribution in [0.15, 0.2) is 30.3 Å². The molecule has 1 fully saturated rings. The molecule has 0 saturated carbocycles. The fraction of sp³-hybridized carbons (Fsp3) is 0.500. The summed E-state index contributed by atoms with van der Waals surface area (Å²) >= 11 is 0. The molecule has 3 aromatic rings. The number of nitrogens with zero attached hydrogens (tertiary/aromatic N) is 2. The van der Waals surface area contributed by atoms with E-state index < -0.39 is 0 Å². The number of aromatic nitrogens is 2. The van der Waals surface area contributed by atoms with Crippen LogP contribution in [0.4, 0.5) is 0 Å². The highest BCUT2D eigenvalue weighted by Crippen LogP contribution is 2.35. The van der Waals surface area contributed by atoms with Gasteiger partial charge in [-0.2, -0.15) is 0 Å². The lowest BCUT2D eigenvalue weighted by atomic mass is 9.88. The number of unbranched alkanes of at least 4 members (excludes halogenated alkanes) is 1. The van der Waals surface area contributed by atoms with Crippen LogP contribution in [-0.4, -0.2) is 34.5 Å². The van der Waals surface area contributed by atoms with Crippen LogP contribution < -0.4 is 0 Å². The minimum absolute atomic E-state index is 0.700. The van der Waals surface area contributed by atoms with E-state index in [0.29, 0.717) is 5.92 Å². The maximum absolute atomic E-state index is 4.55. The third kappa shape index (κ3) is 4.25. The van der Waals surface area contributed by atoms with Gasteiger partial charge in [0, 0.05) is 33.5 Å². The number of piperidine rings is 1. The molecule has 0 spiro atoms. The van der Waals surface area contributed by atoms with Crippen LogP contribution in [-0.2, 0) is 6.42 Å². The Balaban J connectivity index is 1.63. The van der Waals surface area contributed by atoms with E-state index in [-0.39, 0.29) is 0 Å². The molecule has 1 saturated heterocycles. The maximum Gasteiger partial charge on any atom is 0.0498 e. The Morgan fingerprint density at radius 3 is 2.41 bits per heavy atom. The zero-order valence-corrected chi connectivity index (χ0v) is 18.5. The fourth-order valence-corrected chi connectivity index (χ4v) is 4.98. The second-order valence-corrected chi connectivity index (χ2v) is 8.75. The van der Waals surface area contributed by atoms with E-state index in [2.05, 4.69) is 72.9 Å². The minimum atomic E-state index is 0.700. The molecule has 1 aliphatic heterocycles. The van der Waals surface area contributed by atoms with Crippen molar-refractivity contribution in [2.24, 2.45) is 0 Å². The van der Waals surface area contributed by atoms with E-state index in [9.17, 15) is 0 Å². The normalized spacial score (nSPS) is 16.0. The van der Waals surface area contributed by atoms with Crippen molar-refractivity contribution in [1.82, 2.24) is 14.9 Å². The highest BCUT2D eigenvalue weighted by molar-refractivity contribution is 5.91. The Morgan fingerprint density at radius 1 is 1.03 bits per heavy atom. The Labute approximate surface area is 175 Å². The number of likely N-dealkylation sites (tertiary alicyclic amines) is 1.